The first-order valence-electron chi connectivity index (χ1n) is 13.3. The zero-order chi connectivity index (χ0) is 24.6. The molecule has 2 amide bonds. The van der Waals surface area contributed by atoms with Gasteiger partial charge in [0, 0.05) is 55.9 Å². The maximum atomic E-state index is 13.5. The largest absolute Gasteiger partial charge is 0.352 e. The third kappa shape index (κ3) is 6.59. The number of aromatic nitrogens is 2. The lowest BCUT2D eigenvalue weighted by Crippen LogP contribution is -2.45. The normalized spacial score (nSPS) is 19.6. The van der Waals surface area contributed by atoms with Gasteiger partial charge in [-0.05, 0) is 51.2 Å². The first-order valence-corrected chi connectivity index (χ1v) is 13.3. The van der Waals surface area contributed by atoms with Crippen molar-refractivity contribution in [1.82, 2.24) is 19.8 Å². The standard InChI is InChI=1S/C28H38N4O3/c1-21-11-8-10-17-32(21)28(35)25-20-31(18-15-22-12-7-9-16-29-22)19-24(26(25)33)27(34)30-23-13-5-3-2-4-6-14-23/h7,9,12,16,19-21,23H,2-6,8,10-11,13-15,17-18H2,1H3,(H,30,34)/t21-/m1/s1. The van der Waals surface area contributed by atoms with Crippen LogP contribution in [0.4, 0.5) is 0 Å². The Morgan fingerprint density at radius 2 is 1.69 bits per heavy atom. The number of rotatable bonds is 6. The minimum atomic E-state index is -0.467. The molecular formula is C28H38N4O3. The van der Waals surface area contributed by atoms with E-state index in [0.29, 0.717) is 19.5 Å². The summed E-state index contributed by atoms with van der Waals surface area (Å²) in [7, 11) is 0. The van der Waals surface area contributed by atoms with Crippen LogP contribution in [0.3, 0.4) is 0 Å². The third-order valence-electron chi connectivity index (χ3n) is 7.41. The number of nitrogens with zero attached hydrogens (tertiary/aromatic N) is 3. The Kier molecular flexibility index (Phi) is 8.72. The van der Waals surface area contributed by atoms with Crippen LogP contribution in [0.2, 0.25) is 0 Å². The van der Waals surface area contributed by atoms with Crippen molar-refractivity contribution in [2.75, 3.05) is 6.54 Å². The van der Waals surface area contributed by atoms with Gasteiger partial charge in [-0.2, -0.15) is 0 Å². The Hall–Kier alpha value is -2.96. The SMILES string of the molecule is C[C@@H]1CCCCN1C(=O)c1cn(CCc2ccccn2)cc(C(=O)NC2CCCCCCC2)c1=O. The molecular weight excluding hydrogens is 440 g/mol. The molecule has 2 aliphatic rings. The first-order chi connectivity index (χ1) is 17.0. The number of likely N-dealkylation sites (tertiary alicyclic amines) is 1. The van der Waals surface area contributed by atoms with Crippen molar-refractivity contribution in [3.63, 3.8) is 0 Å². The lowest BCUT2D eigenvalue weighted by molar-refractivity contribution is 0.0633. The van der Waals surface area contributed by atoms with Crippen LogP contribution in [-0.4, -0.2) is 44.9 Å². The van der Waals surface area contributed by atoms with Gasteiger partial charge in [-0.15, -0.1) is 0 Å². The lowest BCUT2D eigenvalue weighted by atomic mass is 9.96. The van der Waals surface area contributed by atoms with Crippen molar-refractivity contribution >= 4 is 11.8 Å². The van der Waals surface area contributed by atoms with Crippen molar-refractivity contribution in [1.29, 1.82) is 0 Å². The van der Waals surface area contributed by atoms with E-state index in [1.165, 1.54) is 19.3 Å². The number of piperidine rings is 1. The Labute approximate surface area is 207 Å². The van der Waals surface area contributed by atoms with Gasteiger partial charge in [-0.1, -0.05) is 38.2 Å². The van der Waals surface area contributed by atoms with E-state index in [0.717, 1.165) is 50.6 Å². The zero-order valence-electron chi connectivity index (χ0n) is 20.9. The highest BCUT2D eigenvalue weighted by Gasteiger charge is 2.28. The van der Waals surface area contributed by atoms with E-state index in [1.54, 1.807) is 23.5 Å². The number of carbonyl (C=O) groups excluding carboxylic acids is 2. The maximum absolute atomic E-state index is 13.5. The van der Waals surface area contributed by atoms with Crippen LogP contribution >= 0.6 is 0 Å². The van der Waals surface area contributed by atoms with E-state index in [1.807, 2.05) is 29.7 Å². The summed E-state index contributed by atoms with van der Waals surface area (Å²) < 4.78 is 1.81. The zero-order valence-corrected chi connectivity index (χ0v) is 20.9. The smallest absolute Gasteiger partial charge is 0.259 e. The fraction of sp³-hybridized carbons (Fsp3) is 0.571. The molecule has 7 nitrogen and oxygen atoms in total. The summed E-state index contributed by atoms with van der Waals surface area (Å²) in [5.74, 6) is -0.636. The van der Waals surface area contributed by atoms with Crippen molar-refractivity contribution < 1.29 is 9.59 Å². The van der Waals surface area contributed by atoms with Gasteiger partial charge in [0.25, 0.3) is 11.8 Å². The summed E-state index contributed by atoms with van der Waals surface area (Å²) in [5, 5.41) is 3.11. The molecule has 3 heterocycles. The Balaban J connectivity index is 1.61. The van der Waals surface area contributed by atoms with Crippen molar-refractivity contribution in [2.45, 2.75) is 96.2 Å². The molecule has 4 rings (SSSR count). The van der Waals surface area contributed by atoms with E-state index in [2.05, 4.69) is 10.3 Å². The average molecular weight is 479 g/mol. The quantitative estimate of drug-likeness (QED) is 0.669. The number of nitrogens with one attached hydrogen (secondary N) is 1. The van der Waals surface area contributed by atoms with E-state index >= 15 is 0 Å². The minimum absolute atomic E-state index is 0.0589. The Morgan fingerprint density at radius 3 is 2.40 bits per heavy atom. The summed E-state index contributed by atoms with van der Waals surface area (Å²) in [6.07, 6.45) is 16.2. The predicted molar refractivity (Wildman–Crippen MR) is 137 cm³/mol. The summed E-state index contributed by atoms with van der Waals surface area (Å²) >= 11 is 0. The Bertz CT molecular complexity index is 1060. The van der Waals surface area contributed by atoms with Gasteiger partial charge in [0.2, 0.25) is 5.43 Å². The summed E-state index contributed by atoms with van der Waals surface area (Å²) in [6.45, 7) is 3.20. The Morgan fingerprint density at radius 1 is 0.971 bits per heavy atom. The topological polar surface area (TPSA) is 84.3 Å². The molecule has 2 aromatic rings. The second kappa shape index (κ2) is 12.1. The second-order valence-electron chi connectivity index (χ2n) is 10.1. The number of hydrogen-bond donors (Lipinski definition) is 1. The van der Waals surface area contributed by atoms with E-state index in [4.69, 9.17) is 0 Å². The third-order valence-corrected chi connectivity index (χ3v) is 7.41. The molecule has 1 aliphatic heterocycles. The van der Waals surface area contributed by atoms with E-state index in [-0.39, 0.29) is 35.0 Å². The van der Waals surface area contributed by atoms with E-state index < -0.39 is 5.43 Å². The van der Waals surface area contributed by atoms with Crippen LogP contribution in [0.15, 0.2) is 41.6 Å². The molecule has 2 fully saturated rings. The molecule has 1 atom stereocenters. The molecule has 0 aromatic carbocycles. The fourth-order valence-corrected chi connectivity index (χ4v) is 5.28. The van der Waals surface area contributed by atoms with Crippen LogP contribution in [0.5, 0.6) is 0 Å². The number of hydrogen-bond acceptors (Lipinski definition) is 4. The molecule has 1 saturated heterocycles. The molecule has 35 heavy (non-hydrogen) atoms. The molecule has 1 aliphatic carbocycles. The molecule has 7 heteroatoms. The van der Waals surface area contributed by atoms with Crippen molar-refractivity contribution in [2.24, 2.45) is 0 Å². The molecule has 0 bridgehead atoms. The highest BCUT2D eigenvalue weighted by molar-refractivity contribution is 5.99. The van der Waals surface area contributed by atoms with Gasteiger partial charge in [0.1, 0.15) is 11.1 Å². The molecule has 1 N–H and O–H groups in total. The monoisotopic (exact) mass is 478 g/mol. The number of aryl methyl sites for hydroxylation is 2. The predicted octanol–water partition coefficient (Wildman–Crippen LogP) is 4.34. The number of carbonyl (C=O) groups is 2. The van der Waals surface area contributed by atoms with Gasteiger partial charge in [-0.25, -0.2) is 0 Å². The summed E-state index contributed by atoms with van der Waals surface area (Å²) in [6, 6.07) is 5.92. The molecule has 0 radical (unpaired) electrons. The summed E-state index contributed by atoms with van der Waals surface area (Å²) in [5.41, 5.74) is 0.600. The molecule has 2 aromatic heterocycles. The number of amides is 2. The average Bonchev–Trinajstić information content (AvgIpc) is 2.85. The maximum Gasteiger partial charge on any atom is 0.259 e. The molecule has 0 unspecified atom stereocenters. The molecule has 1 saturated carbocycles. The van der Waals surface area contributed by atoms with Crippen LogP contribution < -0.4 is 10.7 Å². The van der Waals surface area contributed by atoms with Crippen LogP contribution in [-0.2, 0) is 13.0 Å². The highest BCUT2D eigenvalue weighted by Crippen LogP contribution is 2.20. The summed E-state index contributed by atoms with van der Waals surface area (Å²) in [4.78, 5) is 46.4. The minimum Gasteiger partial charge on any atom is -0.352 e. The van der Waals surface area contributed by atoms with Crippen LogP contribution in [0, 0.1) is 0 Å². The van der Waals surface area contributed by atoms with E-state index in [9.17, 15) is 14.4 Å². The second-order valence-corrected chi connectivity index (χ2v) is 10.1. The van der Waals surface area contributed by atoms with Crippen LogP contribution in [0.1, 0.15) is 97.5 Å². The first kappa shape index (κ1) is 25.1. The fourth-order valence-electron chi connectivity index (χ4n) is 5.28. The lowest BCUT2D eigenvalue weighted by Gasteiger charge is -2.33. The van der Waals surface area contributed by atoms with Gasteiger partial charge >= 0.3 is 0 Å². The van der Waals surface area contributed by atoms with Gasteiger partial charge in [-0.3, -0.25) is 19.4 Å². The molecule has 0 spiro atoms. The van der Waals surface area contributed by atoms with Gasteiger partial charge < -0.3 is 14.8 Å². The van der Waals surface area contributed by atoms with Crippen LogP contribution in [0.25, 0.3) is 0 Å². The van der Waals surface area contributed by atoms with Crippen molar-refractivity contribution in [3.8, 4) is 0 Å². The molecule has 188 valence electrons. The number of pyridine rings is 2. The van der Waals surface area contributed by atoms with Gasteiger partial charge in [0.05, 0.1) is 0 Å². The van der Waals surface area contributed by atoms with Crippen molar-refractivity contribution in [3.05, 3.63) is 63.8 Å². The van der Waals surface area contributed by atoms with Gasteiger partial charge in [0.15, 0.2) is 0 Å². The highest BCUT2D eigenvalue weighted by atomic mass is 16.2.